The third kappa shape index (κ3) is 5.01. The molecule has 0 saturated carbocycles. The molecule has 1 saturated heterocycles. The van der Waals surface area contributed by atoms with Crippen molar-refractivity contribution in [3.8, 4) is 0 Å². The summed E-state index contributed by atoms with van der Waals surface area (Å²) in [5, 5.41) is 9.13. The van der Waals surface area contributed by atoms with Crippen molar-refractivity contribution in [1.82, 2.24) is 5.43 Å². The van der Waals surface area contributed by atoms with Crippen molar-refractivity contribution in [2.45, 2.75) is 13.8 Å². The number of rotatable bonds is 4. The highest BCUT2D eigenvalue weighted by molar-refractivity contribution is 7.80. The standard InChI is InChI=1S/C18H22N4OS2/c1-13-3-5-16(14(2)11-13)20-18(24)21-19-12-15-4-6-17(25-15)22-7-9-23-10-8-22/h3-6,11-12H,7-10H2,1-2H3,(H2,20,21,24)/b19-12-. The second kappa shape index (κ2) is 8.42. The normalized spacial score (nSPS) is 14.7. The number of thiophene rings is 1. The smallest absolute Gasteiger partial charge is 0.191 e. The van der Waals surface area contributed by atoms with Crippen LogP contribution in [0.25, 0.3) is 0 Å². The summed E-state index contributed by atoms with van der Waals surface area (Å²) in [6.07, 6.45) is 1.80. The van der Waals surface area contributed by atoms with Crippen molar-refractivity contribution < 1.29 is 4.74 Å². The second-order valence-electron chi connectivity index (χ2n) is 5.92. The molecule has 132 valence electrons. The summed E-state index contributed by atoms with van der Waals surface area (Å²) in [6, 6.07) is 10.4. The molecule has 3 rings (SSSR count). The van der Waals surface area contributed by atoms with Gasteiger partial charge in [0.25, 0.3) is 0 Å². The van der Waals surface area contributed by atoms with Crippen LogP contribution in [0.4, 0.5) is 10.7 Å². The summed E-state index contributed by atoms with van der Waals surface area (Å²) in [5.74, 6) is 0. The molecule has 1 aliphatic rings. The zero-order chi connectivity index (χ0) is 17.6. The molecule has 2 heterocycles. The van der Waals surface area contributed by atoms with E-state index in [0.29, 0.717) is 5.11 Å². The molecule has 0 atom stereocenters. The Morgan fingerprint density at radius 2 is 2.04 bits per heavy atom. The Morgan fingerprint density at radius 1 is 1.24 bits per heavy atom. The molecule has 1 fully saturated rings. The molecule has 0 aliphatic carbocycles. The van der Waals surface area contributed by atoms with Crippen LogP contribution in [-0.2, 0) is 4.74 Å². The number of anilines is 2. The highest BCUT2D eigenvalue weighted by Gasteiger charge is 2.12. The lowest BCUT2D eigenvalue weighted by atomic mass is 10.1. The minimum atomic E-state index is 0.480. The fourth-order valence-corrected chi connectivity index (χ4v) is 3.72. The largest absolute Gasteiger partial charge is 0.378 e. The SMILES string of the molecule is Cc1ccc(NC(=S)N/N=C\c2ccc(N3CCOCC3)s2)c(C)c1. The number of aryl methyl sites for hydroxylation is 2. The highest BCUT2D eigenvalue weighted by Crippen LogP contribution is 2.25. The van der Waals surface area contributed by atoms with E-state index >= 15 is 0 Å². The molecular formula is C18H22N4OS2. The van der Waals surface area contributed by atoms with Gasteiger partial charge < -0.3 is 15.0 Å². The first-order valence-corrected chi connectivity index (χ1v) is 9.44. The molecule has 2 aromatic rings. The van der Waals surface area contributed by atoms with Crippen LogP contribution in [-0.4, -0.2) is 37.6 Å². The lowest BCUT2D eigenvalue weighted by Crippen LogP contribution is -2.35. The van der Waals surface area contributed by atoms with Gasteiger partial charge in [-0.15, -0.1) is 11.3 Å². The number of benzene rings is 1. The van der Waals surface area contributed by atoms with Crippen LogP contribution in [0, 0.1) is 13.8 Å². The number of thiocarbonyl (C=S) groups is 1. The van der Waals surface area contributed by atoms with Gasteiger partial charge in [-0.2, -0.15) is 5.10 Å². The molecule has 0 spiro atoms. The van der Waals surface area contributed by atoms with E-state index in [1.165, 1.54) is 10.6 Å². The minimum Gasteiger partial charge on any atom is -0.378 e. The van der Waals surface area contributed by atoms with E-state index in [9.17, 15) is 0 Å². The summed E-state index contributed by atoms with van der Waals surface area (Å²) >= 11 is 7.01. The number of nitrogens with zero attached hydrogens (tertiary/aromatic N) is 2. The van der Waals surface area contributed by atoms with Crippen molar-refractivity contribution in [3.63, 3.8) is 0 Å². The number of nitrogens with one attached hydrogen (secondary N) is 2. The summed E-state index contributed by atoms with van der Waals surface area (Å²) in [7, 11) is 0. The Bertz CT molecular complexity index is 766. The fraction of sp³-hybridized carbons (Fsp3) is 0.333. The lowest BCUT2D eigenvalue weighted by Gasteiger charge is -2.27. The number of ether oxygens (including phenoxy) is 1. The van der Waals surface area contributed by atoms with Crippen molar-refractivity contribution in [2.75, 3.05) is 36.5 Å². The molecular weight excluding hydrogens is 352 g/mol. The predicted octanol–water partition coefficient (Wildman–Crippen LogP) is 3.52. The van der Waals surface area contributed by atoms with Gasteiger partial charge in [-0.3, -0.25) is 5.43 Å². The van der Waals surface area contributed by atoms with Crippen LogP contribution in [0.5, 0.6) is 0 Å². The van der Waals surface area contributed by atoms with E-state index < -0.39 is 0 Å². The van der Waals surface area contributed by atoms with Crippen LogP contribution in [0.1, 0.15) is 16.0 Å². The van der Waals surface area contributed by atoms with E-state index in [4.69, 9.17) is 17.0 Å². The van der Waals surface area contributed by atoms with E-state index in [0.717, 1.165) is 42.4 Å². The third-order valence-electron chi connectivity index (χ3n) is 3.92. The van der Waals surface area contributed by atoms with Crippen LogP contribution < -0.4 is 15.6 Å². The lowest BCUT2D eigenvalue weighted by molar-refractivity contribution is 0.123. The van der Waals surface area contributed by atoms with Gasteiger partial charge in [-0.1, -0.05) is 17.7 Å². The zero-order valence-corrected chi connectivity index (χ0v) is 16.0. The van der Waals surface area contributed by atoms with Crippen molar-refractivity contribution in [2.24, 2.45) is 5.10 Å². The summed E-state index contributed by atoms with van der Waals surface area (Å²) in [6.45, 7) is 7.60. The zero-order valence-electron chi connectivity index (χ0n) is 14.4. The molecule has 1 aliphatic heterocycles. The molecule has 0 radical (unpaired) electrons. The van der Waals surface area contributed by atoms with E-state index in [-0.39, 0.29) is 0 Å². The maximum absolute atomic E-state index is 5.39. The molecule has 5 nitrogen and oxygen atoms in total. The molecule has 25 heavy (non-hydrogen) atoms. The maximum Gasteiger partial charge on any atom is 0.191 e. The van der Waals surface area contributed by atoms with Crippen LogP contribution in [0.15, 0.2) is 35.4 Å². The summed E-state index contributed by atoms with van der Waals surface area (Å²) < 4.78 is 5.39. The van der Waals surface area contributed by atoms with E-state index in [2.05, 4.69) is 58.9 Å². The highest BCUT2D eigenvalue weighted by atomic mass is 32.1. The monoisotopic (exact) mass is 374 g/mol. The van der Waals surface area contributed by atoms with Gasteiger partial charge in [0.05, 0.1) is 24.4 Å². The first kappa shape index (κ1) is 17.8. The van der Waals surface area contributed by atoms with Gasteiger partial charge in [-0.05, 0) is 49.8 Å². The average molecular weight is 375 g/mol. The van der Waals surface area contributed by atoms with Gasteiger partial charge in [0, 0.05) is 23.7 Å². The Kier molecular flexibility index (Phi) is 6.01. The number of hydrogen-bond donors (Lipinski definition) is 2. The molecule has 1 aromatic carbocycles. The summed E-state index contributed by atoms with van der Waals surface area (Å²) in [4.78, 5) is 3.42. The molecule has 0 unspecified atom stereocenters. The van der Waals surface area contributed by atoms with Gasteiger partial charge in [0.15, 0.2) is 5.11 Å². The second-order valence-corrected chi connectivity index (χ2v) is 7.42. The Labute approximate surface area is 157 Å². The van der Waals surface area contributed by atoms with Crippen molar-refractivity contribution in [3.05, 3.63) is 46.3 Å². The van der Waals surface area contributed by atoms with Crippen molar-refractivity contribution in [1.29, 1.82) is 0 Å². The number of morpholine rings is 1. The van der Waals surface area contributed by atoms with Gasteiger partial charge in [-0.25, -0.2) is 0 Å². The third-order valence-corrected chi connectivity index (χ3v) is 5.20. The van der Waals surface area contributed by atoms with E-state index in [1.807, 2.05) is 6.07 Å². The first-order valence-electron chi connectivity index (χ1n) is 8.21. The molecule has 2 N–H and O–H groups in total. The van der Waals surface area contributed by atoms with Gasteiger partial charge in [0.2, 0.25) is 0 Å². The molecule has 1 aromatic heterocycles. The maximum atomic E-state index is 5.39. The average Bonchev–Trinajstić information content (AvgIpc) is 3.07. The van der Waals surface area contributed by atoms with Gasteiger partial charge >= 0.3 is 0 Å². The predicted molar refractivity (Wildman–Crippen MR) is 110 cm³/mol. The van der Waals surface area contributed by atoms with Crippen molar-refractivity contribution >= 4 is 45.6 Å². The summed E-state index contributed by atoms with van der Waals surface area (Å²) in [5.41, 5.74) is 6.25. The van der Waals surface area contributed by atoms with E-state index in [1.54, 1.807) is 17.6 Å². The minimum absolute atomic E-state index is 0.480. The van der Waals surface area contributed by atoms with Crippen LogP contribution in [0.3, 0.4) is 0 Å². The number of hydrogen-bond acceptors (Lipinski definition) is 5. The van der Waals surface area contributed by atoms with Crippen LogP contribution >= 0.6 is 23.6 Å². The van der Waals surface area contributed by atoms with Crippen LogP contribution in [0.2, 0.25) is 0 Å². The topological polar surface area (TPSA) is 48.9 Å². The molecule has 0 bridgehead atoms. The van der Waals surface area contributed by atoms with Gasteiger partial charge in [0.1, 0.15) is 0 Å². The quantitative estimate of drug-likeness (QED) is 0.487. The fourth-order valence-electron chi connectivity index (χ4n) is 2.62. The molecule has 0 amide bonds. The first-order chi connectivity index (χ1) is 12.1. The number of hydrazone groups is 1. The Hall–Kier alpha value is -1.96. The Morgan fingerprint density at radius 3 is 2.80 bits per heavy atom. The Balaban J connectivity index is 1.52. The molecule has 7 heteroatoms.